The molecular formula is C19H20BrN5O3. The number of ether oxygens (including phenoxy) is 1. The molecule has 0 saturated heterocycles. The molecule has 1 aromatic heterocycles. The van der Waals surface area contributed by atoms with E-state index in [1.807, 2.05) is 44.2 Å². The average molecular weight is 446 g/mol. The monoisotopic (exact) mass is 445 g/mol. The number of benzene rings is 2. The van der Waals surface area contributed by atoms with Gasteiger partial charge in [-0.25, -0.2) is 4.79 Å². The van der Waals surface area contributed by atoms with E-state index in [0.717, 1.165) is 32.6 Å². The highest BCUT2D eigenvalue weighted by Gasteiger charge is 2.15. The van der Waals surface area contributed by atoms with Crippen molar-refractivity contribution in [1.29, 1.82) is 0 Å². The zero-order valence-electron chi connectivity index (χ0n) is 16.0. The van der Waals surface area contributed by atoms with Crippen LogP contribution in [0.3, 0.4) is 0 Å². The zero-order valence-corrected chi connectivity index (χ0v) is 17.6. The van der Waals surface area contributed by atoms with Gasteiger partial charge in [0.05, 0.1) is 11.4 Å². The fourth-order valence-electron chi connectivity index (χ4n) is 2.73. The van der Waals surface area contributed by atoms with E-state index in [1.165, 1.54) is 16.5 Å². The van der Waals surface area contributed by atoms with Gasteiger partial charge in [0.15, 0.2) is 0 Å². The van der Waals surface area contributed by atoms with Crippen molar-refractivity contribution in [3.05, 3.63) is 68.0 Å². The van der Waals surface area contributed by atoms with E-state index in [1.54, 1.807) is 13.1 Å². The Morgan fingerprint density at radius 1 is 1.25 bits per heavy atom. The third kappa shape index (κ3) is 3.99. The molecule has 8 nitrogen and oxygen atoms in total. The smallest absolute Gasteiger partial charge is 0.368 e. The average Bonchev–Trinajstić information content (AvgIpc) is 3.00. The van der Waals surface area contributed by atoms with E-state index in [-0.39, 0.29) is 12.3 Å². The van der Waals surface area contributed by atoms with Gasteiger partial charge >= 0.3 is 5.69 Å². The molecular weight excluding hydrogens is 426 g/mol. The predicted octanol–water partition coefficient (Wildman–Crippen LogP) is 2.99. The molecule has 0 fully saturated rings. The number of hydrogen-bond donors (Lipinski definition) is 0. The van der Waals surface area contributed by atoms with Gasteiger partial charge in [-0.1, -0.05) is 27.2 Å². The Morgan fingerprint density at radius 2 is 2.04 bits per heavy atom. The van der Waals surface area contributed by atoms with Crippen molar-refractivity contribution in [1.82, 2.24) is 19.8 Å². The molecule has 1 heterocycles. The van der Waals surface area contributed by atoms with Crippen LogP contribution in [0.1, 0.15) is 23.6 Å². The van der Waals surface area contributed by atoms with Gasteiger partial charge in [0.25, 0.3) is 0 Å². The van der Waals surface area contributed by atoms with Crippen molar-refractivity contribution in [3.8, 4) is 11.4 Å². The molecule has 146 valence electrons. The second-order valence-electron chi connectivity index (χ2n) is 6.16. The number of aryl methyl sites for hydroxylation is 2. The maximum atomic E-state index is 12.2. The molecule has 0 bridgehead atoms. The van der Waals surface area contributed by atoms with Crippen LogP contribution in [0, 0.1) is 6.92 Å². The first-order valence-electron chi connectivity index (χ1n) is 8.50. The van der Waals surface area contributed by atoms with Crippen molar-refractivity contribution >= 4 is 21.6 Å². The maximum Gasteiger partial charge on any atom is 0.368 e. The minimum absolute atomic E-state index is 0.255. The van der Waals surface area contributed by atoms with Crippen LogP contribution in [0.25, 0.3) is 5.69 Å². The fraction of sp³-hybridized carbons (Fsp3) is 0.263. The van der Waals surface area contributed by atoms with Gasteiger partial charge in [0.2, 0.25) is 0 Å². The van der Waals surface area contributed by atoms with Gasteiger partial charge in [-0.15, -0.1) is 0 Å². The van der Waals surface area contributed by atoms with E-state index >= 15 is 0 Å². The third-order valence-corrected chi connectivity index (χ3v) is 4.98. The number of hydrogen-bond acceptors (Lipinski definition) is 6. The molecule has 2 aromatic carbocycles. The SMILES string of the molecule is CON=C(C)c1ccc(OCc2c(Br)cccc2-n2nnn(C)c2=O)c(C)c1. The number of halogens is 1. The van der Waals surface area contributed by atoms with Gasteiger partial charge < -0.3 is 9.57 Å². The number of tetrazole rings is 1. The number of rotatable bonds is 6. The summed E-state index contributed by atoms with van der Waals surface area (Å²) in [7, 11) is 3.07. The topological polar surface area (TPSA) is 83.5 Å². The van der Waals surface area contributed by atoms with Crippen LogP contribution in [0.2, 0.25) is 0 Å². The van der Waals surface area contributed by atoms with Crippen LogP contribution in [0.5, 0.6) is 5.75 Å². The van der Waals surface area contributed by atoms with Crippen LogP contribution in [-0.4, -0.2) is 32.6 Å². The second-order valence-corrected chi connectivity index (χ2v) is 7.02. The van der Waals surface area contributed by atoms with E-state index < -0.39 is 0 Å². The minimum atomic E-state index is -0.326. The molecule has 0 amide bonds. The molecule has 0 aliphatic carbocycles. The van der Waals surface area contributed by atoms with Gasteiger partial charge in [0, 0.05) is 17.1 Å². The van der Waals surface area contributed by atoms with E-state index in [4.69, 9.17) is 9.57 Å². The van der Waals surface area contributed by atoms with Crippen LogP contribution in [0.4, 0.5) is 0 Å². The zero-order chi connectivity index (χ0) is 20.3. The lowest BCUT2D eigenvalue weighted by Gasteiger charge is -2.14. The second kappa shape index (κ2) is 8.39. The van der Waals surface area contributed by atoms with Crippen molar-refractivity contribution in [3.63, 3.8) is 0 Å². The lowest BCUT2D eigenvalue weighted by atomic mass is 10.1. The van der Waals surface area contributed by atoms with E-state index in [2.05, 4.69) is 31.5 Å². The molecule has 9 heteroatoms. The Bertz CT molecular complexity index is 1090. The highest BCUT2D eigenvalue weighted by Crippen LogP contribution is 2.26. The first-order chi connectivity index (χ1) is 13.4. The van der Waals surface area contributed by atoms with Crippen molar-refractivity contribution < 1.29 is 9.57 Å². The Labute approximate surface area is 170 Å². The molecule has 28 heavy (non-hydrogen) atoms. The highest BCUT2D eigenvalue weighted by molar-refractivity contribution is 9.10. The third-order valence-electron chi connectivity index (χ3n) is 4.24. The number of nitrogens with zero attached hydrogens (tertiary/aromatic N) is 5. The van der Waals surface area contributed by atoms with Crippen LogP contribution in [0.15, 0.2) is 50.8 Å². The van der Waals surface area contributed by atoms with Gasteiger partial charge in [-0.2, -0.15) is 9.36 Å². The Hall–Kier alpha value is -2.94. The molecule has 0 saturated carbocycles. The summed E-state index contributed by atoms with van der Waals surface area (Å²) in [6.07, 6.45) is 0. The molecule has 0 N–H and O–H groups in total. The van der Waals surface area contributed by atoms with Crippen molar-refractivity contribution in [2.45, 2.75) is 20.5 Å². The molecule has 0 spiro atoms. The predicted molar refractivity (Wildman–Crippen MR) is 109 cm³/mol. The molecule has 0 atom stereocenters. The molecule has 3 rings (SSSR count). The van der Waals surface area contributed by atoms with Crippen LogP contribution in [-0.2, 0) is 18.5 Å². The minimum Gasteiger partial charge on any atom is -0.489 e. The molecule has 0 aliphatic rings. The number of oxime groups is 1. The number of aromatic nitrogens is 4. The fourth-order valence-corrected chi connectivity index (χ4v) is 3.20. The summed E-state index contributed by atoms with van der Waals surface area (Å²) in [6, 6.07) is 11.3. The summed E-state index contributed by atoms with van der Waals surface area (Å²) in [5.41, 5.74) is 3.79. The summed E-state index contributed by atoms with van der Waals surface area (Å²) < 4.78 is 9.29. The Morgan fingerprint density at radius 3 is 2.68 bits per heavy atom. The summed E-state index contributed by atoms with van der Waals surface area (Å²) >= 11 is 3.54. The lowest BCUT2D eigenvalue weighted by Crippen LogP contribution is -2.23. The van der Waals surface area contributed by atoms with Crippen LogP contribution >= 0.6 is 15.9 Å². The van der Waals surface area contributed by atoms with Crippen molar-refractivity contribution in [2.75, 3.05) is 7.11 Å². The normalized spacial score (nSPS) is 11.5. The standard InChI is InChI=1S/C19H20BrN5O3/c1-12-10-14(13(2)21-27-4)8-9-18(12)28-11-15-16(20)6-5-7-17(15)25-19(26)24(3)22-23-25/h5-10H,11H2,1-4H3. The van der Waals surface area contributed by atoms with E-state index in [9.17, 15) is 4.79 Å². The summed E-state index contributed by atoms with van der Waals surface area (Å²) in [5.74, 6) is 0.738. The molecule has 3 aromatic rings. The Balaban J connectivity index is 1.89. The molecule has 0 aliphatic heterocycles. The van der Waals surface area contributed by atoms with Gasteiger partial charge in [-0.05, 0) is 65.7 Å². The van der Waals surface area contributed by atoms with Crippen molar-refractivity contribution in [2.24, 2.45) is 12.2 Å². The largest absolute Gasteiger partial charge is 0.489 e. The first kappa shape index (κ1) is 19.8. The highest BCUT2D eigenvalue weighted by atomic mass is 79.9. The molecule has 0 radical (unpaired) electrons. The maximum absolute atomic E-state index is 12.2. The summed E-state index contributed by atoms with van der Waals surface area (Å²) in [4.78, 5) is 17.1. The summed E-state index contributed by atoms with van der Waals surface area (Å²) in [5, 5.41) is 11.6. The van der Waals surface area contributed by atoms with E-state index in [0.29, 0.717) is 5.69 Å². The van der Waals surface area contributed by atoms with Gasteiger partial charge in [0.1, 0.15) is 19.5 Å². The summed E-state index contributed by atoms with van der Waals surface area (Å²) in [6.45, 7) is 4.10. The lowest BCUT2D eigenvalue weighted by molar-refractivity contribution is 0.213. The quantitative estimate of drug-likeness (QED) is 0.430. The van der Waals surface area contributed by atoms with Crippen LogP contribution < -0.4 is 10.4 Å². The first-order valence-corrected chi connectivity index (χ1v) is 9.30. The molecule has 0 unspecified atom stereocenters. The Kier molecular flexibility index (Phi) is 5.93. The van der Waals surface area contributed by atoms with Gasteiger partial charge in [-0.3, -0.25) is 0 Å².